The summed E-state index contributed by atoms with van der Waals surface area (Å²) in [6.07, 6.45) is 5.64. The molecule has 5 aliphatic rings. The van der Waals surface area contributed by atoms with Crippen LogP contribution in [-0.4, -0.2) is 145 Å². The monoisotopic (exact) mass is 1130 g/mol. The summed E-state index contributed by atoms with van der Waals surface area (Å²) in [6.45, 7) is 15.6. The zero-order valence-electron chi connectivity index (χ0n) is 44.1. The third-order valence-electron chi connectivity index (χ3n) is 14.4. The van der Waals surface area contributed by atoms with Crippen molar-refractivity contribution in [3.8, 4) is 23.0 Å². The van der Waals surface area contributed by atoms with Gasteiger partial charge in [-0.2, -0.15) is 0 Å². The predicted octanol–water partition coefficient (Wildman–Crippen LogP) is 9.57. The number of aryl methyl sites for hydroxylation is 1. The molecule has 5 aliphatic heterocycles. The number of anilines is 3. The highest BCUT2D eigenvalue weighted by Gasteiger charge is 2.28. The summed E-state index contributed by atoms with van der Waals surface area (Å²) in [5.41, 5.74) is 11.0. The Morgan fingerprint density at radius 1 is 0.870 bits per heavy atom. The van der Waals surface area contributed by atoms with E-state index >= 15 is 0 Å². The number of amidine groups is 1. The summed E-state index contributed by atoms with van der Waals surface area (Å²) >= 11 is 18.7. The van der Waals surface area contributed by atoms with Crippen LogP contribution in [0.4, 0.5) is 22.7 Å². The molecular weight excluding hydrogens is 1060 g/mol. The van der Waals surface area contributed by atoms with Gasteiger partial charge < -0.3 is 45.7 Å². The third kappa shape index (κ3) is 14.9. The second-order valence-corrected chi connectivity index (χ2v) is 22.8. The number of nitrogen functional groups attached to an aromatic ring is 1. The lowest BCUT2D eigenvalue weighted by molar-refractivity contribution is -0.116. The number of fused-ring (bicyclic) bond motifs is 3. The van der Waals surface area contributed by atoms with E-state index < -0.39 is 9.84 Å². The minimum absolute atomic E-state index is 0.0306. The zero-order valence-corrected chi connectivity index (χ0v) is 47.2. The minimum Gasteiger partial charge on any atom is -0.496 e. The number of halogens is 3. The molecule has 5 heterocycles. The summed E-state index contributed by atoms with van der Waals surface area (Å²) in [5.74, 6) is 3.24. The van der Waals surface area contributed by atoms with Gasteiger partial charge in [-0.1, -0.05) is 72.9 Å². The highest BCUT2D eigenvalue weighted by atomic mass is 35.5. The van der Waals surface area contributed by atoms with E-state index in [1.807, 2.05) is 72.8 Å². The molecular formula is C57H70Cl3N9O7S. The first-order valence-electron chi connectivity index (χ1n) is 26.6. The summed E-state index contributed by atoms with van der Waals surface area (Å²) in [7, 11) is -2.10. The van der Waals surface area contributed by atoms with Gasteiger partial charge in [0.05, 0.1) is 56.9 Å². The van der Waals surface area contributed by atoms with E-state index in [0.717, 1.165) is 150 Å². The number of rotatable bonds is 14. The van der Waals surface area contributed by atoms with Crippen LogP contribution in [0.5, 0.6) is 23.0 Å². The number of methoxy groups -OCH3 is 1. The van der Waals surface area contributed by atoms with Gasteiger partial charge in [-0.15, -0.1) is 0 Å². The number of benzene rings is 5. The second kappa shape index (κ2) is 27.2. The number of nitrogens with two attached hydrogens (primary N) is 1. The molecule has 0 bridgehead atoms. The fourth-order valence-corrected chi connectivity index (χ4v) is 11.6. The van der Waals surface area contributed by atoms with Gasteiger partial charge in [-0.25, -0.2) is 13.4 Å². The molecule has 5 aromatic rings. The molecule has 0 spiro atoms. The molecule has 0 aliphatic carbocycles. The standard InChI is InChI=1S/C23H27Cl2N3O2.C17H16ClN3O.C17H27N3O4S/c24-19-4-3-5-21(23(19)25)28-13-11-27(12-14-28)10-1-2-15-30-18-8-6-17-7-9-22(29)26-20(17)16-18;18-12-5-6-15-13(11-12)17(21-9-7-19-8-10-21)20-14-3-1-2-4-16(14)22-15;1-4-20-8-6-7-12(20)11-19-17(21)13-9-16(25(22,23)5-2)14(18)10-15(13)24-3/h3-6,8,16H,1-2,7,9-15H2,(H,26,29);1-6,11,19H,7-10H2;9-10,12H,4-8,11,18H2,1-3H3,(H,19,21). The number of likely N-dealkylation sites (N-methyl/N-ethyl adjacent to an activating group) is 1. The van der Waals surface area contributed by atoms with Crippen molar-refractivity contribution in [1.29, 1.82) is 0 Å². The number of para-hydroxylation sites is 2. The molecule has 1 atom stereocenters. The van der Waals surface area contributed by atoms with Crippen molar-refractivity contribution in [2.45, 2.75) is 63.3 Å². The highest BCUT2D eigenvalue weighted by molar-refractivity contribution is 7.91. The largest absolute Gasteiger partial charge is 0.496 e. The number of hydrogen-bond donors (Lipinski definition) is 4. The molecule has 3 fully saturated rings. The van der Waals surface area contributed by atoms with E-state index in [2.05, 4.69) is 48.5 Å². The molecule has 3 saturated heterocycles. The number of ether oxygens (including phenoxy) is 3. The molecule has 10 rings (SSSR count). The van der Waals surface area contributed by atoms with Crippen molar-refractivity contribution in [1.82, 2.24) is 25.3 Å². The van der Waals surface area contributed by atoms with Crippen molar-refractivity contribution < 1.29 is 32.2 Å². The van der Waals surface area contributed by atoms with Crippen LogP contribution in [-0.2, 0) is 21.1 Å². The molecule has 5 N–H and O–H groups in total. The average Bonchev–Trinajstić information content (AvgIpc) is 3.84. The number of aliphatic imine (C=N–C) groups is 1. The summed E-state index contributed by atoms with van der Waals surface area (Å²) in [5, 5.41) is 11.1. The number of unbranched alkanes of at least 4 members (excludes halogenated alkanes) is 1. The van der Waals surface area contributed by atoms with E-state index in [4.69, 9.17) is 59.7 Å². The number of sulfone groups is 1. The van der Waals surface area contributed by atoms with Gasteiger partial charge in [-0.3, -0.25) is 19.4 Å². The fraction of sp³-hybridized carbons (Fsp3) is 0.421. The van der Waals surface area contributed by atoms with Gasteiger partial charge in [0, 0.05) is 94.2 Å². The number of likely N-dealkylation sites (tertiary alicyclic amines) is 1. The first-order valence-corrected chi connectivity index (χ1v) is 29.3. The van der Waals surface area contributed by atoms with Gasteiger partial charge in [0.2, 0.25) is 5.91 Å². The van der Waals surface area contributed by atoms with Crippen LogP contribution >= 0.6 is 34.8 Å². The Labute approximate surface area is 468 Å². The van der Waals surface area contributed by atoms with Crippen molar-refractivity contribution in [3.05, 3.63) is 123 Å². The third-order valence-corrected chi connectivity index (χ3v) is 17.2. The quantitative estimate of drug-likeness (QED) is 0.0610. The molecule has 0 aromatic heterocycles. The number of piperazine rings is 2. The highest BCUT2D eigenvalue weighted by Crippen LogP contribution is 2.39. The maximum absolute atomic E-state index is 12.6. The maximum atomic E-state index is 12.6. The van der Waals surface area contributed by atoms with Crippen LogP contribution in [0, 0.1) is 0 Å². The molecule has 20 heteroatoms. The predicted molar refractivity (Wildman–Crippen MR) is 310 cm³/mol. The number of hydrogen-bond acceptors (Lipinski definition) is 14. The van der Waals surface area contributed by atoms with Crippen molar-refractivity contribution in [3.63, 3.8) is 0 Å². The molecule has 1 unspecified atom stereocenters. The van der Waals surface area contributed by atoms with Crippen LogP contribution in [0.2, 0.25) is 15.1 Å². The lowest BCUT2D eigenvalue weighted by Crippen LogP contribution is -2.46. The minimum atomic E-state index is -3.52. The Morgan fingerprint density at radius 2 is 1.66 bits per heavy atom. The Kier molecular flexibility index (Phi) is 20.3. The number of nitrogens with zero attached hydrogens (tertiary/aromatic N) is 5. The van der Waals surface area contributed by atoms with Crippen LogP contribution in [0.25, 0.3) is 0 Å². The smallest absolute Gasteiger partial charge is 0.255 e. The Balaban J connectivity index is 0.000000155. The van der Waals surface area contributed by atoms with Crippen LogP contribution in [0.1, 0.15) is 67.4 Å². The van der Waals surface area contributed by atoms with Crippen LogP contribution < -0.4 is 40.8 Å². The Morgan fingerprint density at radius 3 is 2.43 bits per heavy atom. The first kappa shape index (κ1) is 57.4. The lowest BCUT2D eigenvalue weighted by atomic mass is 10.0. The topological polar surface area (TPSA) is 183 Å². The van der Waals surface area contributed by atoms with E-state index in [9.17, 15) is 18.0 Å². The van der Waals surface area contributed by atoms with Crippen LogP contribution in [0.3, 0.4) is 0 Å². The van der Waals surface area contributed by atoms with Gasteiger partial charge in [0.25, 0.3) is 5.91 Å². The van der Waals surface area contributed by atoms with Gasteiger partial charge >= 0.3 is 0 Å². The van der Waals surface area contributed by atoms with Gasteiger partial charge in [-0.05, 0) is 112 Å². The van der Waals surface area contributed by atoms with E-state index in [1.165, 1.54) is 31.7 Å². The molecule has 16 nitrogen and oxygen atoms in total. The zero-order chi connectivity index (χ0) is 54.5. The lowest BCUT2D eigenvalue weighted by Gasteiger charge is -2.36. The molecule has 5 aromatic carbocycles. The van der Waals surface area contributed by atoms with Gasteiger partial charge in [0.1, 0.15) is 28.8 Å². The number of amides is 2. The van der Waals surface area contributed by atoms with Crippen molar-refractivity contribution in [2.75, 3.05) is 114 Å². The number of carbonyl (C=O) groups is 2. The van der Waals surface area contributed by atoms with E-state index in [-0.39, 0.29) is 39.5 Å². The fourth-order valence-electron chi connectivity index (χ4n) is 10.0. The molecule has 77 heavy (non-hydrogen) atoms. The molecule has 2 amide bonds. The molecule has 412 valence electrons. The maximum Gasteiger partial charge on any atom is 0.255 e. The SMILES string of the molecule is CCN1CCCC1CNC(=O)c1cc(S(=O)(=O)CC)c(N)cc1OC.Clc1ccc2c(c1)C(N1CCNCC1)=Nc1ccccc1O2.O=C1CCc2ccc(OCCCCN3CCN(c4cccc(Cl)c4Cl)CC3)cc2N1. The van der Waals surface area contributed by atoms with Crippen molar-refractivity contribution in [2.24, 2.45) is 4.99 Å². The Bertz CT molecular complexity index is 3010. The normalized spacial score (nSPS) is 17.4. The van der Waals surface area contributed by atoms with E-state index in [1.54, 1.807) is 0 Å². The average molecular weight is 1130 g/mol. The number of carbonyl (C=O) groups excluding carboxylic acids is 2. The van der Waals surface area contributed by atoms with Crippen molar-refractivity contribution >= 4 is 85.0 Å². The van der Waals surface area contributed by atoms with E-state index in [0.29, 0.717) is 40.7 Å². The first-order chi connectivity index (χ1) is 37.2. The number of nitrogens with one attached hydrogen (secondary N) is 3. The summed E-state index contributed by atoms with van der Waals surface area (Å²) < 4.78 is 41.5. The molecule has 0 radical (unpaired) electrons. The van der Waals surface area contributed by atoms with Gasteiger partial charge in [0.15, 0.2) is 15.6 Å². The Hall–Kier alpha value is -5.79. The second-order valence-electron chi connectivity index (χ2n) is 19.3. The summed E-state index contributed by atoms with van der Waals surface area (Å²) in [4.78, 5) is 38.4. The van der Waals surface area contributed by atoms with Crippen LogP contribution in [0.15, 0.2) is 101 Å². The summed E-state index contributed by atoms with van der Waals surface area (Å²) in [6, 6.07) is 28.4. The molecule has 0 saturated carbocycles.